The molecule has 0 unspecified atom stereocenters. The first-order chi connectivity index (χ1) is 12.4. The third kappa shape index (κ3) is 4.75. The molecule has 8 heteroatoms. The van der Waals surface area contributed by atoms with Gasteiger partial charge in [-0.1, -0.05) is 12.8 Å². The lowest BCUT2D eigenvalue weighted by atomic mass is 10.2. The van der Waals surface area contributed by atoms with E-state index in [0.717, 1.165) is 25.7 Å². The normalized spacial score (nSPS) is 16.1. The fourth-order valence-corrected chi connectivity index (χ4v) is 4.73. The van der Waals surface area contributed by atoms with Crippen molar-refractivity contribution in [2.45, 2.75) is 30.6 Å². The van der Waals surface area contributed by atoms with Crippen molar-refractivity contribution >= 4 is 15.9 Å². The van der Waals surface area contributed by atoms with Crippen LogP contribution in [-0.2, 0) is 10.0 Å². The first kappa shape index (κ1) is 20.7. The Morgan fingerprint density at radius 3 is 2.46 bits per heavy atom. The van der Waals surface area contributed by atoms with Crippen LogP contribution in [0.15, 0.2) is 23.1 Å². The van der Waals surface area contributed by atoms with Crippen LogP contribution in [0.1, 0.15) is 36.0 Å². The van der Waals surface area contributed by atoms with Crippen LogP contribution >= 0.6 is 0 Å². The fraction of sp³-hybridized carbons (Fsp3) is 0.611. The molecule has 1 aromatic rings. The van der Waals surface area contributed by atoms with E-state index in [4.69, 9.17) is 4.74 Å². The summed E-state index contributed by atoms with van der Waals surface area (Å²) in [6, 6.07) is 4.61. The zero-order valence-corrected chi connectivity index (χ0v) is 16.6. The van der Waals surface area contributed by atoms with E-state index in [-0.39, 0.29) is 16.6 Å². The summed E-state index contributed by atoms with van der Waals surface area (Å²) in [6.07, 6.45) is 3.79. The number of amides is 1. The Balaban J connectivity index is 2.35. The van der Waals surface area contributed by atoms with Gasteiger partial charge in [0.05, 0.1) is 7.11 Å². The van der Waals surface area contributed by atoms with Gasteiger partial charge in [-0.25, -0.2) is 8.42 Å². The van der Waals surface area contributed by atoms with Crippen LogP contribution in [0.25, 0.3) is 0 Å². The lowest BCUT2D eigenvalue weighted by molar-refractivity contribution is 0.0796. The molecule has 1 aliphatic rings. The van der Waals surface area contributed by atoms with Gasteiger partial charge < -0.3 is 15.0 Å². The quantitative estimate of drug-likeness (QED) is 0.773. The molecule has 1 fully saturated rings. The number of hydrogen-bond acceptors (Lipinski definition) is 5. The lowest BCUT2D eigenvalue weighted by Crippen LogP contribution is -2.34. The topological polar surface area (TPSA) is 79.0 Å². The highest BCUT2D eigenvalue weighted by molar-refractivity contribution is 7.89. The average molecular weight is 384 g/mol. The van der Waals surface area contributed by atoms with Crippen molar-refractivity contribution in [3.05, 3.63) is 23.8 Å². The highest BCUT2D eigenvalue weighted by Crippen LogP contribution is 2.29. The number of carbonyl (C=O) groups excluding carboxylic acids is 1. The van der Waals surface area contributed by atoms with Crippen LogP contribution in [0.4, 0.5) is 0 Å². The number of ether oxygens (including phenoxy) is 1. The van der Waals surface area contributed by atoms with Gasteiger partial charge >= 0.3 is 0 Å². The third-order valence-corrected chi connectivity index (χ3v) is 6.56. The number of hydrogen-bond donors (Lipinski definition) is 1. The van der Waals surface area contributed by atoms with Crippen molar-refractivity contribution in [3.63, 3.8) is 0 Å². The van der Waals surface area contributed by atoms with Crippen LogP contribution in [-0.4, -0.2) is 70.9 Å². The summed E-state index contributed by atoms with van der Waals surface area (Å²) < 4.78 is 33.1. The number of benzene rings is 1. The molecular formula is C18H29N3O4S. The molecule has 1 aromatic carbocycles. The highest BCUT2D eigenvalue weighted by Gasteiger charge is 2.29. The molecule has 0 saturated carbocycles. The zero-order valence-electron chi connectivity index (χ0n) is 15.8. The van der Waals surface area contributed by atoms with Crippen LogP contribution < -0.4 is 10.1 Å². The fourth-order valence-electron chi connectivity index (χ4n) is 3.03. The van der Waals surface area contributed by atoms with Crippen molar-refractivity contribution in [2.75, 3.05) is 47.4 Å². The van der Waals surface area contributed by atoms with Crippen LogP contribution in [0.3, 0.4) is 0 Å². The van der Waals surface area contributed by atoms with Crippen molar-refractivity contribution in [1.29, 1.82) is 0 Å². The molecule has 1 N–H and O–H groups in total. The van der Waals surface area contributed by atoms with Crippen molar-refractivity contribution < 1.29 is 17.9 Å². The monoisotopic (exact) mass is 383 g/mol. The second-order valence-corrected chi connectivity index (χ2v) is 8.42. The van der Waals surface area contributed by atoms with E-state index in [1.165, 1.54) is 17.5 Å². The summed E-state index contributed by atoms with van der Waals surface area (Å²) in [4.78, 5) is 14.2. The van der Waals surface area contributed by atoms with Crippen LogP contribution in [0.2, 0.25) is 0 Å². The molecule has 0 aromatic heterocycles. The van der Waals surface area contributed by atoms with E-state index in [9.17, 15) is 13.2 Å². The Kier molecular flexibility index (Phi) is 7.43. The SMILES string of the molecule is CNCCN(C)C(=O)c1ccc(OC)c(S(=O)(=O)N2CCCCCC2)c1. The van der Waals surface area contributed by atoms with Gasteiger partial charge in [-0.2, -0.15) is 4.31 Å². The number of nitrogens with one attached hydrogen (secondary N) is 1. The number of likely N-dealkylation sites (N-methyl/N-ethyl adjacent to an activating group) is 2. The summed E-state index contributed by atoms with van der Waals surface area (Å²) >= 11 is 0. The summed E-state index contributed by atoms with van der Waals surface area (Å²) in [5.74, 6) is 0.0545. The van der Waals surface area contributed by atoms with Crippen LogP contribution in [0, 0.1) is 0 Å². The molecule has 0 atom stereocenters. The maximum absolute atomic E-state index is 13.1. The summed E-state index contributed by atoms with van der Waals surface area (Å²) in [5.41, 5.74) is 0.345. The van der Waals surface area contributed by atoms with Gasteiger partial charge in [-0.15, -0.1) is 0 Å². The Morgan fingerprint density at radius 1 is 1.23 bits per heavy atom. The van der Waals surface area contributed by atoms with Gasteiger partial charge in [0, 0.05) is 38.8 Å². The average Bonchev–Trinajstić information content (AvgIpc) is 2.95. The molecule has 26 heavy (non-hydrogen) atoms. The van der Waals surface area contributed by atoms with Gasteiger partial charge in [0.1, 0.15) is 10.6 Å². The van der Waals surface area contributed by atoms with E-state index in [0.29, 0.717) is 31.7 Å². The van der Waals surface area contributed by atoms with Gasteiger partial charge in [0.15, 0.2) is 0 Å². The van der Waals surface area contributed by atoms with E-state index in [1.54, 1.807) is 24.1 Å². The summed E-state index contributed by atoms with van der Waals surface area (Å²) in [6.45, 7) is 2.21. The van der Waals surface area contributed by atoms with Crippen LogP contribution in [0.5, 0.6) is 5.75 Å². The number of methoxy groups -OCH3 is 1. The standard InChI is InChI=1S/C18H29N3O4S/c1-19-10-13-20(2)18(22)15-8-9-16(25-3)17(14-15)26(23,24)21-11-6-4-5-7-12-21/h8-9,14,19H,4-7,10-13H2,1-3H3. The first-order valence-corrected chi connectivity index (χ1v) is 10.4. The molecule has 2 rings (SSSR count). The van der Waals surface area contributed by atoms with E-state index in [1.807, 2.05) is 7.05 Å². The molecular weight excluding hydrogens is 354 g/mol. The van der Waals surface area contributed by atoms with Gasteiger partial charge in [-0.05, 0) is 38.1 Å². The smallest absolute Gasteiger partial charge is 0.253 e. The number of rotatable bonds is 7. The number of nitrogens with zero attached hydrogens (tertiary/aromatic N) is 2. The molecule has 1 heterocycles. The second kappa shape index (κ2) is 9.34. The summed E-state index contributed by atoms with van der Waals surface area (Å²) in [7, 11) is 1.26. The Labute approximate surface area is 156 Å². The number of carbonyl (C=O) groups is 1. The highest BCUT2D eigenvalue weighted by atomic mass is 32.2. The first-order valence-electron chi connectivity index (χ1n) is 9.00. The minimum absolute atomic E-state index is 0.0646. The largest absolute Gasteiger partial charge is 0.495 e. The zero-order chi connectivity index (χ0) is 19.2. The maximum Gasteiger partial charge on any atom is 0.253 e. The molecule has 7 nitrogen and oxygen atoms in total. The van der Waals surface area contributed by atoms with Gasteiger partial charge in [-0.3, -0.25) is 4.79 Å². The molecule has 1 amide bonds. The van der Waals surface area contributed by atoms with Crippen molar-refractivity contribution in [2.24, 2.45) is 0 Å². The summed E-state index contributed by atoms with van der Waals surface area (Å²) in [5, 5.41) is 2.99. The maximum atomic E-state index is 13.1. The van der Waals surface area contributed by atoms with E-state index >= 15 is 0 Å². The molecule has 1 aliphatic heterocycles. The van der Waals surface area contributed by atoms with E-state index in [2.05, 4.69) is 5.32 Å². The Bertz CT molecular complexity index is 713. The predicted octanol–water partition coefficient (Wildman–Crippen LogP) is 1.55. The molecule has 146 valence electrons. The molecule has 0 aliphatic carbocycles. The van der Waals surface area contributed by atoms with Crippen molar-refractivity contribution in [1.82, 2.24) is 14.5 Å². The molecule has 1 saturated heterocycles. The van der Waals surface area contributed by atoms with Gasteiger partial charge in [0.2, 0.25) is 10.0 Å². The second-order valence-electron chi connectivity index (χ2n) is 6.51. The molecule has 0 bridgehead atoms. The van der Waals surface area contributed by atoms with E-state index < -0.39 is 10.0 Å². The number of sulfonamides is 1. The minimum atomic E-state index is -3.70. The van der Waals surface area contributed by atoms with Gasteiger partial charge in [0.25, 0.3) is 5.91 Å². The molecule has 0 spiro atoms. The predicted molar refractivity (Wildman–Crippen MR) is 101 cm³/mol. The Hall–Kier alpha value is -1.64. The Morgan fingerprint density at radius 2 is 1.88 bits per heavy atom. The minimum Gasteiger partial charge on any atom is -0.495 e. The van der Waals surface area contributed by atoms with Crippen molar-refractivity contribution in [3.8, 4) is 5.75 Å². The molecule has 0 radical (unpaired) electrons. The lowest BCUT2D eigenvalue weighted by Gasteiger charge is -2.22. The third-order valence-electron chi connectivity index (χ3n) is 4.64.